The topological polar surface area (TPSA) is 84.7 Å². The molecule has 2 saturated heterocycles. The predicted octanol–water partition coefficient (Wildman–Crippen LogP) is 0.737. The number of nitrogens with zero attached hydrogens (tertiary/aromatic N) is 5. The Morgan fingerprint density at radius 2 is 2.26 bits per heavy atom. The Kier molecular flexibility index (Phi) is 5.59. The van der Waals surface area contributed by atoms with E-state index in [0.29, 0.717) is 26.3 Å². The van der Waals surface area contributed by atoms with E-state index < -0.39 is 0 Å². The normalized spacial score (nSPS) is 21.5. The average molecular weight is 418 g/mol. The van der Waals surface area contributed by atoms with Crippen LogP contribution in [-0.2, 0) is 16.1 Å². The summed E-state index contributed by atoms with van der Waals surface area (Å²) < 4.78 is 7.29. The number of fused-ring (bicyclic) bond motifs is 1. The number of amides is 1. The van der Waals surface area contributed by atoms with Crippen molar-refractivity contribution in [2.45, 2.75) is 31.7 Å². The molecule has 2 atom stereocenters. The fraction of sp³-hybridized carbons (Fsp3) is 0.455. The van der Waals surface area contributed by atoms with Gasteiger partial charge in [0.1, 0.15) is 13.7 Å². The first-order valence-corrected chi connectivity index (χ1v) is 11.0. The first kappa shape index (κ1) is 20.0. The number of aromatic nitrogens is 4. The molecule has 31 heavy (non-hydrogen) atoms. The van der Waals surface area contributed by atoms with Gasteiger partial charge in [0.15, 0.2) is 5.65 Å². The second-order valence-electron chi connectivity index (χ2n) is 8.53. The van der Waals surface area contributed by atoms with Gasteiger partial charge in [0.2, 0.25) is 5.91 Å². The van der Waals surface area contributed by atoms with E-state index in [1.807, 2.05) is 41.8 Å². The number of pyridine rings is 1. The monoisotopic (exact) mass is 418 g/mol. The molecule has 9 heteroatoms. The van der Waals surface area contributed by atoms with Crippen LogP contribution < -0.4 is 10.8 Å². The van der Waals surface area contributed by atoms with Crippen molar-refractivity contribution in [1.82, 2.24) is 24.5 Å². The summed E-state index contributed by atoms with van der Waals surface area (Å²) in [7, 11) is 2.03. The van der Waals surface area contributed by atoms with Gasteiger partial charge in [0.25, 0.3) is 0 Å². The Hall–Kier alpha value is -2.94. The number of hydrogen-bond acceptors (Lipinski definition) is 6. The summed E-state index contributed by atoms with van der Waals surface area (Å²) in [5.74, 6) is 1.38. The summed E-state index contributed by atoms with van der Waals surface area (Å²) in [5.41, 5.74) is 4.02. The highest BCUT2D eigenvalue weighted by Gasteiger charge is 2.32. The van der Waals surface area contributed by atoms with Gasteiger partial charge < -0.3 is 15.0 Å². The lowest BCUT2D eigenvalue weighted by Gasteiger charge is -2.34. The van der Waals surface area contributed by atoms with Gasteiger partial charge in [0.05, 0.1) is 18.2 Å². The third-order valence-electron chi connectivity index (χ3n) is 6.29. The Labute approximate surface area is 182 Å². The van der Waals surface area contributed by atoms with E-state index in [0.717, 1.165) is 54.0 Å². The smallest absolute Gasteiger partial charge is 0.228 e. The highest BCUT2D eigenvalue weighted by atomic mass is 16.5. The molecule has 2 fully saturated rings. The summed E-state index contributed by atoms with van der Waals surface area (Å²) in [5, 5.41) is 8.01. The van der Waals surface area contributed by atoms with E-state index in [9.17, 15) is 4.79 Å². The molecular weight excluding hydrogens is 391 g/mol. The number of likely N-dealkylation sites (tertiary alicyclic amines) is 1. The maximum absolute atomic E-state index is 12.9. The lowest BCUT2D eigenvalue weighted by atomic mass is 9.93. The molecule has 3 aromatic rings. The fourth-order valence-corrected chi connectivity index (χ4v) is 4.53. The maximum atomic E-state index is 12.9. The van der Waals surface area contributed by atoms with Crippen molar-refractivity contribution >= 4 is 30.7 Å². The number of carbonyl (C=O) groups excluding carboxylic acids is 1. The Balaban J connectivity index is 1.39. The number of piperidine rings is 1. The molecule has 1 unspecified atom stereocenters. The van der Waals surface area contributed by atoms with Gasteiger partial charge in [-0.3, -0.25) is 9.78 Å². The predicted molar refractivity (Wildman–Crippen MR) is 120 cm³/mol. The van der Waals surface area contributed by atoms with Crippen molar-refractivity contribution in [2.24, 2.45) is 5.92 Å². The first-order chi connectivity index (χ1) is 15.2. The number of rotatable bonds is 5. The van der Waals surface area contributed by atoms with Crippen LogP contribution in [0.15, 0.2) is 36.8 Å². The minimum absolute atomic E-state index is 0.0166. The fourth-order valence-electron chi connectivity index (χ4n) is 4.53. The summed E-state index contributed by atoms with van der Waals surface area (Å²) in [6.45, 7) is 3.45. The van der Waals surface area contributed by atoms with Crippen molar-refractivity contribution in [3.05, 3.63) is 48.0 Å². The van der Waals surface area contributed by atoms with Crippen LogP contribution in [0.3, 0.4) is 0 Å². The molecule has 5 rings (SSSR count). The molecule has 1 amide bonds. The van der Waals surface area contributed by atoms with E-state index in [2.05, 4.69) is 21.5 Å². The summed E-state index contributed by atoms with van der Waals surface area (Å²) in [6, 6.07) is 6.07. The summed E-state index contributed by atoms with van der Waals surface area (Å²) >= 11 is 0. The van der Waals surface area contributed by atoms with Gasteiger partial charge in [-0.1, -0.05) is 6.07 Å². The van der Waals surface area contributed by atoms with E-state index in [4.69, 9.17) is 9.72 Å². The van der Waals surface area contributed by atoms with Gasteiger partial charge in [-0.05, 0) is 36.4 Å². The third-order valence-corrected chi connectivity index (χ3v) is 6.29. The molecule has 2 aliphatic rings. The van der Waals surface area contributed by atoms with Crippen molar-refractivity contribution in [3.63, 3.8) is 0 Å². The zero-order valence-electron chi connectivity index (χ0n) is 17.8. The highest BCUT2D eigenvalue weighted by Crippen LogP contribution is 2.29. The van der Waals surface area contributed by atoms with Gasteiger partial charge in [-0.15, -0.1) is 0 Å². The second kappa shape index (κ2) is 8.67. The third kappa shape index (κ3) is 4.14. The molecule has 8 nitrogen and oxygen atoms in total. The zero-order chi connectivity index (χ0) is 21.2. The molecule has 0 radical (unpaired) electrons. The molecule has 0 saturated carbocycles. The molecule has 0 bridgehead atoms. The minimum atomic E-state index is 0.0166. The summed E-state index contributed by atoms with van der Waals surface area (Å²) in [4.78, 5) is 24.1. The lowest BCUT2D eigenvalue weighted by molar-refractivity contribution is -0.136. The van der Waals surface area contributed by atoms with Crippen LogP contribution >= 0.6 is 0 Å². The van der Waals surface area contributed by atoms with Crippen molar-refractivity contribution in [1.29, 1.82) is 0 Å². The quantitative estimate of drug-likeness (QED) is 0.616. The number of hydrogen-bond donors (Lipinski definition) is 1. The van der Waals surface area contributed by atoms with Crippen molar-refractivity contribution in [3.8, 4) is 0 Å². The maximum Gasteiger partial charge on any atom is 0.228 e. The van der Waals surface area contributed by atoms with Crippen LogP contribution in [0.25, 0.3) is 5.65 Å². The van der Waals surface area contributed by atoms with Crippen LogP contribution in [0.1, 0.15) is 36.4 Å². The number of ether oxygens (including phenoxy) is 1. The largest absolute Gasteiger partial charge is 0.381 e. The number of nitrogens with one attached hydrogen (secondary N) is 1. The van der Waals surface area contributed by atoms with Crippen LogP contribution in [0.5, 0.6) is 0 Å². The zero-order valence-corrected chi connectivity index (χ0v) is 17.8. The molecule has 0 aliphatic carbocycles. The molecule has 3 aromatic heterocycles. The molecule has 0 spiro atoms. The average Bonchev–Trinajstić information content (AvgIpc) is 3.48. The Morgan fingerprint density at radius 1 is 1.32 bits per heavy atom. The number of carbonyl (C=O) groups is 1. The van der Waals surface area contributed by atoms with Crippen LogP contribution in [0.2, 0.25) is 0 Å². The standard InChI is InChI=1S/C22H27BN6O2/c23-18-12-26-29-20(25-11-15-3-1-6-24-10-15)9-19(27-21(18)29)16-4-2-7-28(13-16)22(30)17-5-8-31-14-17/h1,3,6,9-10,12,16-17,25H,2,4-5,7-8,11,13-14,23H2/t16-,17?/m1/s1. The second-order valence-corrected chi connectivity index (χ2v) is 8.53. The molecule has 5 heterocycles. The SMILES string of the molecule is Bc1cnn2c(NCc3cccnc3)cc([C@@H]3CCCN(C(=O)C4CCOC4)C3)nc12. The molecular formula is C22H27BN6O2. The molecule has 0 aromatic carbocycles. The number of anilines is 1. The van der Waals surface area contributed by atoms with Crippen LogP contribution in [0.4, 0.5) is 5.82 Å². The van der Waals surface area contributed by atoms with E-state index in [1.165, 1.54) is 0 Å². The lowest BCUT2D eigenvalue weighted by Crippen LogP contribution is -2.42. The first-order valence-electron chi connectivity index (χ1n) is 11.0. The highest BCUT2D eigenvalue weighted by molar-refractivity contribution is 6.36. The van der Waals surface area contributed by atoms with Crippen molar-refractivity contribution in [2.75, 3.05) is 31.6 Å². The van der Waals surface area contributed by atoms with E-state index in [-0.39, 0.29) is 17.7 Å². The van der Waals surface area contributed by atoms with Crippen molar-refractivity contribution < 1.29 is 9.53 Å². The van der Waals surface area contributed by atoms with Gasteiger partial charge in [-0.2, -0.15) is 9.61 Å². The van der Waals surface area contributed by atoms with E-state index >= 15 is 0 Å². The van der Waals surface area contributed by atoms with Crippen LogP contribution in [-0.4, -0.2) is 64.5 Å². The Bertz CT molecular complexity index is 1070. The Morgan fingerprint density at radius 3 is 3.06 bits per heavy atom. The van der Waals surface area contributed by atoms with Gasteiger partial charge in [0, 0.05) is 56.8 Å². The minimum Gasteiger partial charge on any atom is -0.381 e. The molecule has 2 aliphatic heterocycles. The molecule has 160 valence electrons. The van der Waals surface area contributed by atoms with Gasteiger partial charge in [-0.25, -0.2) is 4.98 Å². The van der Waals surface area contributed by atoms with Crippen LogP contribution in [0, 0.1) is 5.92 Å². The van der Waals surface area contributed by atoms with E-state index in [1.54, 1.807) is 6.20 Å². The van der Waals surface area contributed by atoms with Gasteiger partial charge >= 0.3 is 0 Å². The summed E-state index contributed by atoms with van der Waals surface area (Å²) in [6.07, 6.45) is 8.34. The molecule has 1 N–H and O–H groups in total.